The van der Waals surface area contributed by atoms with E-state index in [1.807, 2.05) is 64.3 Å². The molecule has 2 aromatic heterocycles. The molecule has 162 valence electrons. The minimum Gasteiger partial charge on any atom is -0.336 e. The number of rotatable bonds is 6. The van der Waals surface area contributed by atoms with E-state index in [1.54, 1.807) is 11.3 Å². The molecule has 0 atom stereocenters. The molecular weight excluding hydrogens is 416 g/mol. The molecule has 32 heavy (non-hydrogen) atoms. The fourth-order valence-corrected chi connectivity index (χ4v) is 4.82. The predicted molar refractivity (Wildman–Crippen MR) is 129 cm³/mol. The Hall–Kier alpha value is -3.22. The SMILES string of the molecule is O=C(c1cn(Cc2ccccc2)nc1-c1ccccc1)N1CCN(Cc2ccsc2)CC1. The van der Waals surface area contributed by atoms with Crippen molar-refractivity contribution in [1.82, 2.24) is 19.6 Å². The molecule has 1 fully saturated rings. The lowest BCUT2D eigenvalue weighted by Gasteiger charge is -2.34. The second-order valence-electron chi connectivity index (χ2n) is 8.14. The number of benzene rings is 2. The largest absolute Gasteiger partial charge is 0.336 e. The van der Waals surface area contributed by atoms with Crippen LogP contribution >= 0.6 is 11.3 Å². The second kappa shape index (κ2) is 9.51. The van der Waals surface area contributed by atoms with Crippen molar-refractivity contribution in [2.24, 2.45) is 0 Å². The van der Waals surface area contributed by atoms with Crippen LogP contribution in [0, 0.1) is 0 Å². The summed E-state index contributed by atoms with van der Waals surface area (Å²) in [7, 11) is 0. The molecule has 0 bridgehead atoms. The van der Waals surface area contributed by atoms with E-state index in [9.17, 15) is 4.79 Å². The van der Waals surface area contributed by atoms with Gasteiger partial charge in [-0.1, -0.05) is 60.7 Å². The highest BCUT2D eigenvalue weighted by molar-refractivity contribution is 7.07. The van der Waals surface area contributed by atoms with E-state index in [2.05, 4.69) is 33.9 Å². The molecule has 6 heteroatoms. The highest BCUT2D eigenvalue weighted by Crippen LogP contribution is 2.24. The highest BCUT2D eigenvalue weighted by atomic mass is 32.1. The molecule has 0 N–H and O–H groups in total. The number of carbonyl (C=O) groups is 1. The molecule has 1 aliphatic heterocycles. The summed E-state index contributed by atoms with van der Waals surface area (Å²) >= 11 is 1.73. The van der Waals surface area contributed by atoms with Crippen LogP contribution in [-0.2, 0) is 13.1 Å². The van der Waals surface area contributed by atoms with E-state index in [-0.39, 0.29) is 5.91 Å². The summed E-state index contributed by atoms with van der Waals surface area (Å²) in [6, 6.07) is 22.4. The average molecular weight is 443 g/mol. The van der Waals surface area contributed by atoms with Crippen LogP contribution in [0.2, 0.25) is 0 Å². The van der Waals surface area contributed by atoms with Gasteiger partial charge in [-0.15, -0.1) is 0 Å². The molecule has 1 amide bonds. The first kappa shape index (κ1) is 20.7. The van der Waals surface area contributed by atoms with Crippen LogP contribution in [-0.4, -0.2) is 51.7 Å². The summed E-state index contributed by atoms with van der Waals surface area (Å²) in [5.41, 5.74) is 4.92. The van der Waals surface area contributed by atoms with Crippen molar-refractivity contribution >= 4 is 17.2 Å². The maximum absolute atomic E-state index is 13.5. The van der Waals surface area contributed by atoms with Gasteiger partial charge < -0.3 is 4.90 Å². The molecule has 3 heterocycles. The second-order valence-corrected chi connectivity index (χ2v) is 8.92. The first-order chi connectivity index (χ1) is 15.8. The van der Waals surface area contributed by atoms with Gasteiger partial charge in [0.2, 0.25) is 0 Å². The van der Waals surface area contributed by atoms with Crippen molar-refractivity contribution in [2.75, 3.05) is 26.2 Å². The van der Waals surface area contributed by atoms with Gasteiger partial charge in [0, 0.05) is 44.5 Å². The van der Waals surface area contributed by atoms with E-state index in [4.69, 9.17) is 5.10 Å². The van der Waals surface area contributed by atoms with Crippen LogP contribution in [0.15, 0.2) is 83.7 Å². The standard InChI is InChI=1S/C26H26N4OS/c31-26(29-14-12-28(13-15-29)17-22-11-16-32-20-22)24-19-30(18-21-7-3-1-4-8-21)27-25(24)23-9-5-2-6-10-23/h1-11,16,19-20H,12-15,17-18H2. The maximum Gasteiger partial charge on any atom is 0.257 e. The van der Waals surface area contributed by atoms with E-state index >= 15 is 0 Å². The van der Waals surface area contributed by atoms with Gasteiger partial charge in [-0.05, 0) is 28.0 Å². The lowest BCUT2D eigenvalue weighted by Crippen LogP contribution is -2.48. The molecule has 5 nitrogen and oxygen atoms in total. The molecule has 5 rings (SSSR count). The third-order valence-electron chi connectivity index (χ3n) is 5.87. The minimum absolute atomic E-state index is 0.0679. The fourth-order valence-electron chi connectivity index (χ4n) is 4.16. The maximum atomic E-state index is 13.5. The van der Waals surface area contributed by atoms with Crippen molar-refractivity contribution in [3.63, 3.8) is 0 Å². The summed E-state index contributed by atoms with van der Waals surface area (Å²) in [5, 5.41) is 9.13. The third kappa shape index (κ3) is 4.66. The Labute approximate surface area is 192 Å². The summed E-state index contributed by atoms with van der Waals surface area (Å²) in [4.78, 5) is 17.9. The molecule has 1 aliphatic rings. The molecular formula is C26H26N4OS. The van der Waals surface area contributed by atoms with Gasteiger partial charge in [-0.25, -0.2) is 0 Å². The fraction of sp³-hybridized carbons (Fsp3) is 0.231. The lowest BCUT2D eigenvalue weighted by molar-refractivity contribution is 0.0629. The van der Waals surface area contributed by atoms with Crippen LogP contribution in [0.5, 0.6) is 0 Å². The summed E-state index contributed by atoms with van der Waals surface area (Å²) < 4.78 is 1.89. The van der Waals surface area contributed by atoms with Crippen molar-refractivity contribution in [1.29, 1.82) is 0 Å². The molecule has 0 saturated carbocycles. The van der Waals surface area contributed by atoms with Gasteiger partial charge >= 0.3 is 0 Å². The first-order valence-corrected chi connectivity index (χ1v) is 11.9. The van der Waals surface area contributed by atoms with E-state index < -0.39 is 0 Å². The number of nitrogens with zero attached hydrogens (tertiary/aromatic N) is 4. The monoisotopic (exact) mass is 442 g/mol. The smallest absolute Gasteiger partial charge is 0.257 e. The molecule has 0 radical (unpaired) electrons. The average Bonchev–Trinajstić information content (AvgIpc) is 3.50. The highest BCUT2D eigenvalue weighted by Gasteiger charge is 2.26. The Morgan fingerprint density at radius 1 is 0.844 bits per heavy atom. The van der Waals surface area contributed by atoms with E-state index in [1.165, 1.54) is 5.56 Å². The van der Waals surface area contributed by atoms with E-state index in [0.717, 1.165) is 49.5 Å². The number of amides is 1. The molecule has 4 aromatic rings. The summed E-state index contributed by atoms with van der Waals surface area (Å²) in [6.07, 6.45) is 1.91. The molecule has 0 unspecified atom stereocenters. The lowest BCUT2D eigenvalue weighted by atomic mass is 10.1. The number of piperazine rings is 1. The molecule has 1 saturated heterocycles. The van der Waals surface area contributed by atoms with Crippen molar-refractivity contribution in [3.8, 4) is 11.3 Å². The Bertz CT molecular complexity index is 1150. The Balaban J connectivity index is 1.35. The minimum atomic E-state index is 0.0679. The Morgan fingerprint density at radius 2 is 1.56 bits per heavy atom. The van der Waals surface area contributed by atoms with Gasteiger partial charge in [-0.3, -0.25) is 14.4 Å². The third-order valence-corrected chi connectivity index (χ3v) is 6.60. The normalized spacial score (nSPS) is 14.6. The Morgan fingerprint density at radius 3 is 2.25 bits per heavy atom. The predicted octanol–water partition coefficient (Wildman–Crippen LogP) is 4.62. The van der Waals surface area contributed by atoms with Gasteiger partial charge in [0.25, 0.3) is 5.91 Å². The van der Waals surface area contributed by atoms with Crippen molar-refractivity contribution < 1.29 is 4.79 Å². The van der Waals surface area contributed by atoms with Crippen molar-refractivity contribution in [2.45, 2.75) is 13.1 Å². The van der Waals surface area contributed by atoms with Crippen LogP contribution in [0.4, 0.5) is 0 Å². The van der Waals surface area contributed by atoms with Gasteiger partial charge in [-0.2, -0.15) is 16.4 Å². The van der Waals surface area contributed by atoms with Gasteiger partial charge in [0.1, 0.15) is 5.69 Å². The number of thiophene rings is 1. The van der Waals surface area contributed by atoms with Gasteiger partial charge in [0.15, 0.2) is 0 Å². The van der Waals surface area contributed by atoms with Gasteiger partial charge in [0.05, 0.1) is 12.1 Å². The van der Waals surface area contributed by atoms with Crippen LogP contribution in [0.1, 0.15) is 21.5 Å². The molecule has 2 aromatic carbocycles. The number of hydrogen-bond acceptors (Lipinski definition) is 4. The van der Waals surface area contributed by atoms with Crippen molar-refractivity contribution in [3.05, 3.63) is 100 Å². The van der Waals surface area contributed by atoms with E-state index in [0.29, 0.717) is 12.1 Å². The zero-order chi connectivity index (χ0) is 21.8. The van der Waals surface area contributed by atoms with Crippen LogP contribution in [0.3, 0.4) is 0 Å². The first-order valence-electron chi connectivity index (χ1n) is 11.0. The summed E-state index contributed by atoms with van der Waals surface area (Å²) in [5.74, 6) is 0.0679. The quantitative estimate of drug-likeness (QED) is 0.438. The summed E-state index contributed by atoms with van der Waals surface area (Å²) in [6.45, 7) is 4.85. The topological polar surface area (TPSA) is 41.4 Å². The number of hydrogen-bond donors (Lipinski definition) is 0. The molecule has 0 aliphatic carbocycles. The van der Waals surface area contributed by atoms with Crippen LogP contribution < -0.4 is 0 Å². The zero-order valence-corrected chi connectivity index (χ0v) is 18.7. The molecule has 0 spiro atoms. The number of carbonyl (C=O) groups excluding carboxylic acids is 1. The Kier molecular flexibility index (Phi) is 6.14. The van der Waals surface area contributed by atoms with Crippen LogP contribution in [0.25, 0.3) is 11.3 Å². The number of aromatic nitrogens is 2. The zero-order valence-electron chi connectivity index (χ0n) is 17.9.